The molecule has 0 spiro atoms. The van der Waals surface area contributed by atoms with Crippen molar-refractivity contribution in [2.75, 3.05) is 11.9 Å². The number of esters is 1. The Morgan fingerprint density at radius 2 is 2.10 bits per heavy atom. The van der Waals surface area contributed by atoms with Crippen molar-refractivity contribution in [1.29, 1.82) is 0 Å². The first-order valence-electron chi connectivity index (χ1n) is 6.16. The van der Waals surface area contributed by atoms with Crippen LogP contribution in [0.25, 0.3) is 0 Å². The molecule has 0 unspecified atom stereocenters. The van der Waals surface area contributed by atoms with Crippen LogP contribution in [0.1, 0.15) is 10.4 Å². The number of hydrogen-bond donors (Lipinski definition) is 1. The molecular formula is C15H10FNO4. The summed E-state index contributed by atoms with van der Waals surface area (Å²) in [6, 6.07) is 9.80. The van der Waals surface area contributed by atoms with Gasteiger partial charge in [0.2, 0.25) is 0 Å². The lowest BCUT2D eigenvalue weighted by molar-refractivity contribution is -0.118. The minimum absolute atomic E-state index is 0.0462. The average Bonchev–Trinajstić information content (AvgIpc) is 2.46. The van der Waals surface area contributed by atoms with Crippen molar-refractivity contribution in [3.8, 4) is 11.5 Å². The summed E-state index contributed by atoms with van der Waals surface area (Å²) in [4.78, 5) is 23.1. The van der Waals surface area contributed by atoms with E-state index in [0.29, 0.717) is 11.4 Å². The van der Waals surface area contributed by atoms with E-state index in [-0.39, 0.29) is 23.8 Å². The largest absolute Gasteiger partial charge is 0.482 e. The normalized spacial score (nSPS) is 12.9. The molecule has 1 amide bonds. The van der Waals surface area contributed by atoms with Crippen LogP contribution in [0.5, 0.6) is 11.5 Å². The van der Waals surface area contributed by atoms with Crippen molar-refractivity contribution in [1.82, 2.24) is 0 Å². The molecule has 0 radical (unpaired) electrons. The Hall–Kier alpha value is -2.89. The monoisotopic (exact) mass is 287 g/mol. The molecule has 1 aliphatic heterocycles. The molecule has 5 nitrogen and oxygen atoms in total. The van der Waals surface area contributed by atoms with Gasteiger partial charge in [0.05, 0.1) is 11.3 Å². The average molecular weight is 287 g/mol. The predicted molar refractivity (Wildman–Crippen MR) is 71.9 cm³/mol. The van der Waals surface area contributed by atoms with Gasteiger partial charge in [-0.15, -0.1) is 0 Å². The number of amides is 1. The van der Waals surface area contributed by atoms with E-state index in [1.54, 1.807) is 6.07 Å². The molecule has 0 fully saturated rings. The number of anilines is 1. The first kappa shape index (κ1) is 13.1. The second-order valence-electron chi connectivity index (χ2n) is 4.39. The summed E-state index contributed by atoms with van der Waals surface area (Å²) < 4.78 is 23.4. The first-order chi connectivity index (χ1) is 10.1. The van der Waals surface area contributed by atoms with Gasteiger partial charge >= 0.3 is 5.97 Å². The van der Waals surface area contributed by atoms with Crippen LogP contribution in [0.4, 0.5) is 10.1 Å². The smallest absolute Gasteiger partial charge is 0.343 e. The highest BCUT2D eigenvalue weighted by Crippen LogP contribution is 2.31. The Morgan fingerprint density at radius 3 is 2.90 bits per heavy atom. The number of benzene rings is 2. The Kier molecular flexibility index (Phi) is 3.27. The van der Waals surface area contributed by atoms with E-state index in [0.717, 1.165) is 6.07 Å². The number of hydrogen-bond acceptors (Lipinski definition) is 4. The lowest BCUT2D eigenvalue weighted by Crippen LogP contribution is -2.25. The van der Waals surface area contributed by atoms with Crippen molar-refractivity contribution < 1.29 is 23.5 Å². The molecule has 2 aromatic carbocycles. The standard InChI is InChI=1S/C15H10FNO4/c16-10-3-1-2-9(6-10)15(19)21-11-4-5-13-12(7-11)17-14(18)8-20-13/h1-7H,8H2,(H,17,18). The highest BCUT2D eigenvalue weighted by atomic mass is 19.1. The third-order valence-electron chi connectivity index (χ3n) is 2.85. The molecule has 1 heterocycles. The van der Waals surface area contributed by atoms with Crippen molar-refractivity contribution in [3.05, 3.63) is 53.8 Å². The molecule has 2 aromatic rings. The van der Waals surface area contributed by atoms with Crippen molar-refractivity contribution in [2.45, 2.75) is 0 Å². The number of carbonyl (C=O) groups excluding carboxylic acids is 2. The summed E-state index contributed by atoms with van der Waals surface area (Å²) in [5, 5.41) is 2.61. The van der Waals surface area contributed by atoms with Crippen LogP contribution in [0, 0.1) is 5.82 Å². The number of halogens is 1. The minimum atomic E-state index is -0.683. The van der Waals surface area contributed by atoms with Gasteiger partial charge in [-0.3, -0.25) is 4.79 Å². The van der Waals surface area contributed by atoms with E-state index >= 15 is 0 Å². The molecule has 0 saturated heterocycles. The third kappa shape index (κ3) is 2.84. The van der Waals surface area contributed by atoms with Gasteiger partial charge in [0.15, 0.2) is 6.61 Å². The van der Waals surface area contributed by atoms with Crippen molar-refractivity contribution in [3.63, 3.8) is 0 Å². The highest BCUT2D eigenvalue weighted by molar-refractivity contribution is 5.96. The summed E-state index contributed by atoms with van der Waals surface area (Å²) in [6.45, 7) is -0.0462. The van der Waals surface area contributed by atoms with Crippen LogP contribution in [0.2, 0.25) is 0 Å². The van der Waals surface area contributed by atoms with Gasteiger partial charge in [-0.05, 0) is 30.3 Å². The van der Waals surface area contributed by atoms with Crippen LogP contribution in [0.15, 0.2) is 42.5 Å². The quantitative estimate of drug-likeness (QED) is 0.680. The summed E-state index contributed by atoms with van der Waals surface area (Å²) in [5.41, 5.74) is 0.531. The molecule has 0 aliphatic carbocycles. The molecule has 6 heteroatoms. The fourth-order valence-electron chi connectivity index (χ4n) is 1.91. The van der Waals surface area contributed by atoms with Gasteiger partial charge in [-0.2, -0.15) is 0 Å². The summed E-state index contributed by atoms with van der Waals surface area (Å²) in [6.07, 6.45) is 0. The van der Waals surface area contributed by atoms with E-state index in [1.807, 2.05) is 0 Å². The molecule has 0 aromatic heterocycles. The lowest BCUT2D eigenvalue weighted by atomic mass is 10.2. The molecule has 0 bridgehead atoms. The zero-order valence-corrected chi connectivity index (χ0v) is 10.8. The first-order valence-corrected chi connectivity index (χ1v) is 6.16. The lowest BCUT2D eigenvalue weighted by Gasteiger charge is -2.18. The summed E-state index contributed by atoms with van der Waals surface area (Å²) in [7, 11) is 0. The van der Waals surface area contributed by atoms with Gasteiger partial charge in [-0.25, -0.2) is 9.18 Å². The van der Waals surface area contributed by atoms with E-state index in [1.165, 1.54) is 30.3 Å². The molecule has 1 N–H and O–H groups in total. The third-order valence-corrected chi connectivity index (χ3v) is 2.85. The number of carbonyl (C=O) groups is 2. The molecule has 1 aliphatic rings. The Balaban J connectivity index is 1.80. The van der Waals surface area contributed by atoms with E-state index in [9.17, 15) is 14.0 Å². The molecule has 3 rings (SSSR count). The maximum Gasteiger partial charge on any atom is 0.343 e. The minimum Gasteiger partial charge on any atom is -0.482 e. The van der Waals surface area contributed by atoms with Crippen LogP contribution in [0.3, 0.4) is 0 Å². The molecular weight excluding hydrogens is 277 g/mol. The topological polar surface area (TPSA) is 64.6 Å². The van der Waals surface area contributed by atoms with Crippen LogP contribution in [-0.2, 0) is 4.79 Å². The Morgan fingerprint density at radius 1 is 1.24 bits per heavy atom. The number of fused-ring (bicyclic) bond motifs is 1. The highest BCUT2D eigenvalue weighted by Gasteiger charge is 2.17. The summed E-state index contributed by atoms with van der Waals surface area (Å²) in [5.74, 6) is -0.752. The number of nitrogens with one attached hydrogen (secondary N) is 1. The maximum atomic E-state index is 13.1. The summed E-state index contributed by atoms with van der Waals surface area (Å²) >= 11 is 0. The second-order valence-corrected chi connectivity index (χ2v) is 4.39. The zero-order chi connectivity index (χ0) is 14.8. The second kappa shape index (κ2) is 5.24. The zero-order valence-electron chi connectivity index (χ0n) is 10.8. The van der Waals surface area contributed by atoms with Gasteiger partial charge in [-0.1, -0.05) is 6.07 Å². The molecule has 0 atom stereocenters. The van der Waals surface area contributed by atoms with E-state index < -0.39 is 11.8 Å². The van der Waals surface area contributed by atoms with Crippen molar-refractivity contribution in [2.24, 2.45) is 0 Å². The predicted octanol–water partition coefficient (Wildman–Crippen LogP) is 2.38. The van der Waals surface area contributed by atoms with Gasteiger partial charge in [0.25, 0.3) is 5.91 Å². The molecule has 0 saturated carbocycles. The van der Waals surface area contributed by atoms with Gasteiger partial charge in [0, 0.05) is 6.07 Å². The SMILES string of the molecule is O=C1COc2ccc(OC(=O)c3cccc(F)c3)cc2N1. The van der Waals surface area contributed by atoms with Crippen molar-refractivity contribution >= 4 is 17.6 Å². The number of ether oxygens (including phenoxy) is 2. The number of rotatable bonds is 2. The van der Waals surface area contributed by atoms with Crippen LogP contribution >= 0.6 is 0 Å². The van der Waals surface area contributed by atoms with Crippen LogP contribution in [-0.4, -0.2) is 18.5 Å². The van der Waals surface area contributed by atoms with E-state index in [2.05, 4.69) is 5.32 Å². The Labute approximate surface area is 119 Å². The Bertz CT molecular complexity index is 729. The fraction of sp³-hybridized carbons (Fsp3) is 0.0667. The van der Waals surface area contributed by atoms with Gasteiger partial charge < -0.3 is 14.8 Å². The molecule has 106 valence electrons. The fourth-order valence-corrected chi connectivity index (χ4v) is 1.91. The maximum absolute atomic E-state index is 13.1. The molecule has 21 heavy (non-hydrogen) atoms. The van der Waals surface area contributed by atoms with E-state index in [4.69, 9.17) is 9.47 Å². The van der Waals surface area contributed by atoms with Gasteiger partial charge in [0.1, 0.15) is 17.3 Å². The van der Waals surface area contributed by atoms with Crippen LogP contribution < -0.4 is 14.8 Å².